The van der Waals surface area contributed by atoms with E-state index in [-0.39, 0.29) is 6.03 Å². The summed E-state index contributed by atoms with van der Waals surface area (Å²) in [5.41, 5.74) is 1.15. The second-order valence-corrected chi connectivity index (χ2v) is 6.45. The van der Waals surface area contributed by atoms with Crippen molar-refractivity contribution in [1.29, 1.82) is 0 Å². The second-order valence-electron chi connectivity index (χ2n) is 6.45. The first-order valence-corrected chi connectivity index (χ1v) is 8.39. The monoisotopic (exact) mass is 311 g/mol. The zero-order valence-corrected chi connectivity index (χ0v) is 13.7. The number of amides is 2. The van der Waals surface area contributed by atoms with Crippen LogP contribution in [0.4, 0.5) is 4.79 Å². The van der Waals surface area contributed by atoms with E-state index < -0.39 is 0 Å². The highest BCUT2D eigenvalue weighted by Gasteiger charge is 2.17. The Kier molecular flexibility index (Phi) is 5.13. The smallest absolute Gasteiger partial charge is 0.315 e. The number of piperidine rings is 1. The van der Waals surface area contributed by atoms with Crippen LogP contribution >= 0.6 is 0 Å². The van der Waals surface area contributed by atoms with Crippen LogP contribution in [0.15, 0.2) is 42.5 Å². The van der Waals surface area contributed by atoms with Crippen molar-refractivity contribution in [3.05, 3.63) is 48.0 Å². The largest absolute Gasteiger partial charge is 0.338 e. The zero-order chi connectivity index (χ0) is 16.1. The number of likely N-dealkylation sites (tertiary alicyclic amines) is 1. The van der Waals surface area contributed by atoms with Gasteiger partial charge in [0.05, 0.1) is 0 Å². The first-order chi connectivity index (χ1) is 11.2. The van der Waals surface area contributed by atoms with Crippen molar-refractivity contribution < 1.29 is 4.79 Å². The Hall–Kier alpha value is -2.07. The third kappa shape index (κ3) is 4.23. The molecule has 122 valence electrons. The Balaban J connectivity index is 1.49. The Bertz CT molecular complexity index is 657. The van der Waals surface area contributed by atoms with Crippen LogP contribution in [0.1, 0.15) is 18.4 Å². The molecular formula is C19H25N3O. The number of rotatable bonds is 4. The minimum atomic E-state index is -0.0723. The number of hydrogen-bond acceptors (Lipinski definition) is 2. The van der Waals surface area contributed by atoms with Gasteiger partial charge in [0.15, 0.2) is 0 Å². The van der Waals surface area contributed by atoms with Crippen molar-refractivity contribution in [3.8, 4) is 0 Å². The topological polar surface area (TPSA) is 44.4 Å². The lowest BCUT2D eigenvalue weighted by atomic mass is 9.97. The molecule has 0 aromatic heterocycles. The molecule has 0 saturated carbocycles. The van der Waals surface area contributed by atoms with E-state index in [0.717, 1.165) is 25.2 Å². The van der Waals surface area contributed by atoms with E-state index in [1.165, 1.54) is 23.6 Å². The standard InChI is InChI=1S/C19H25N3O/c1-22-11-9-15(10-12-22)13-20-19(23)21-14-17-7-4-6-16-5-2-3-8-18(16)17/h2-8,15H,9-14H2,1H3,(H2,20,21,23). The van der Waals surface area contributed by atoms with Crippen molar-refractivity contribution >= 4 is 16.8 Å². The molecule has 2 N–H and O–H groups in total. The van der Waals surface area contributed by atoms with E-state index in [0.29, 0.717) is 12.5 Å². The molecule has 0 aliphatic carbocycles. The molecule has 0 spiro atoms. The predicted octanol–water partition coefficient (Wildman–Crippen LogP) is 2.98. The van der Waals surface area contributed by atoms with Crippen LogP contribution in [-0.4, -0.2) is 37.6 Å². The summed E-state index contributed by atoms with van der Waals surface area (Å²) in [7, 11) is 2.15. The molecule has 1 aliphatic rings. The summed E-state index contributed by atoms with van der Waals surface area (Å²) in [6.07, 6.45) is 2.33. The van der Waals surface area contributed by atoms with Gasteiger partial charge >= 0.3 is 6.03 Å². The minimum absolute atomic E-state index is 0.0723. The summed E-state index contributed by atoms with van der Waals surface area (Å²) in [4.78, 5) is 14.4. The Labute approximate surface area is 137 Å². The number of nitrogens with zero attached hydrogens (tertiary/aromatic N) is 1. The number of fused-ring (bicyclic) bond motifs is 1. The number of carbonyl (C=O) groups is 1. The normalized spacial score (nSPS) is 16.4. The number of urea groups is 1. The highest BCUT2D eigenvalue weighted by atomic mass is 16.2. The fraction of sp³-hybridized carbons (Fsp3) is 0.421. The van der Waals surface area contributed by atoms with E-state index in [2.05, 4.69) is 46.8 Å². The number of hydrogen-bond donors (Lipinski definition) is 2. The van der Waals surface area contributed by atoms with Crippen LogP contribution in [0.3, 0.4) is 0 Å². The van der Waals surface area contributed by atoms with Crippen LogP contribution in [0, 0.1) is 5.92 Å². The molecule has 1 heterocycles. The molecule has 0 unspecified atom stereocenters. The summed E-state index contributed by atoms with van der Waals surface area (Å²) in [6.45, 7) is 3.59. The fourth-order valence-electron chi connectivity index (χ4n) is 3.19. The van der Waals surface area contributed by atoms with Gasteiger partial charge in [0, 0.05) is 13.1 Å². The molecule has 2 amide bonds. The highest BCUT2D eigenvalue weighted by Crippen LogP contribution is 2.18. The van der Waals surface area contributed by atoms with Crippen LogP contribution in [0.5, 0.6) is 0 Å². The molecule has 23 heavy (non-hydrogen) atoms. The summed E-state index contributed by atoms with van der Waals surface area (Å²) >= 11 is 0. The number of benzene rings is 2. The van der Waals surface area contributed by atoms with Crippen LogP contribution in [0.2, 0.25) is 0 Å². The molecule has 3 rings (SSSR count). The van der Waals surface area contributed by atoms with Gasteiger partial charge in [0.25, 0.3) is 0 Å². The van der Waals surface area contributed by atoms with Crippen molar-refractivity contribution in [2.75, 3.05) is 26.7 Å². The van der Waals surface area contributed by atoms with E-state index >= 15 is 0 Å². The lowest BCUT2D eigenvalue weighted by molar-refractivity contribution is 0.210. The molecule has 0 radical (unpaired) electrons. The van der Waals surface area contributed by atoms with Gasteiger partial charge in [-0.15, -0.1) is 0 Å². The molecule has 2 aromatic carbocycles. The summed E-state index contributed by atoms with van der Waals surface area (Å²) in [6, 6.07) is 14.4. The highest BCUT2D eigenvalue weighted by molar-refractivity contribution is 5.86. The van der Waals surface area contributed by atoms with Crippen molar-refractivity contribution in [1.82, 2.24) is 15.5 Å². The third-order valence-electron chi connectivity index (χ3n) is 4.71. The Morgan fingerprint density at radius 3 is 2.65 bits per heavy atom. The van der Waals surface area contributed by atoms with Crippen LogP contribution < -0.4 is 10.6 Å². The van der Waals surface area contributed by atoms with Gasteiger partial charge in [-0.25, -0.2) is 4.79 Å². The molecule has 4 heteroatoms. The summed E-state index contributed by atoms with van der Waals surface area (Å²) in [5.74, 6) is 0.606. The van der Waals surface area contributed by atoms with E-state index in [1.807, 2.05) is 18.2 Å². The van der Waals surface area contributed by atoms with Crippen molar-refractivity contribution in [2.24, 2.45) is 5.92 Å². The third-order valence-corrected chi connectivity index (χ3v) is 4.71. The van der Waals surface area contributed by atoms with E-state index in [1.54, 1.807) is 0 Å². The van der Waals surface area contributed by atoms with Gasteiger partial charge in [-0.1, -0.05) is 42.5 Å². The average Bonchev–Trinajstić information content (AvgIpc) is 2.59. The van der Waals surface area contributed by atoms with Crippen LogP contribution in [0.25, 0.3) is 10.8 Å². The Morgan fingerprint density at radius 1 is 1.09 bits per heavy atom. The maximum absolute atomic E-state index is 12.0. The van der Waals surface area contributed by atoms with Crippen molar-refractivity contribution in [3.63, 3.8) is 0 Å². The molecule has 4 nitrogen and oxygen atoms in total. The molecule has 2 aromatic rings. The van der Waals surface area contributed by atoms with Gasteiger partial charge in [-0.3, -0.25) is 0 Å². The predicted molar refractivity (Wildman–Crippen MR) is 94.4 cm³/mol. The van der Waals surface area contributed by atoms with E-state index in [4.69, 9.17) is 0 Å². The molecule has 1 aliphatic heterocycles. The SMILES string of the molecule is CN1CCC(CNC(=O)NCc2cccc3ccccc23)CC1. The van der Waals surface area contributed by atoms with E-state index in [9.17, 15) is 4.79 Å². The summed E-state index contributed by atoms with van der Waals surface area (Å²) < 4.78 is 0. The number of carbonyl (C=O) groups excluding carboxylic acids is 1. The summed E-state index contributed by atoms with van der Waals surface area (Å²) in [5, 5.41) is 8.40. The maximum atomic E-state index is 12.0. The lowest BCUT2D eigenvalue weighted by Gasteiger charge is -2.28. The molecular weight excluding hydrogens is 286 g/mol. The van der Waals surface area contributed by atoms with Gasteiger partial charge in [-0.05, 0) is 55.2 Å². The molecule has 0 atom stereocenters. The fourth-order valence-corrected chi connectivity index (χ4v) is 3.19. The molecule has 1 saturated heterocycles. The Morgan fingerprint density at radius 2 is 1.83 bits per heavy atom. The maximum Gasteiger partial charge on any atom is 0.315 e. The first-order valence-electron chi connectivity index (χ1n) is 8.39. The molecule has 1 fully saturated rings. The van der Waals surface area contributed by atoms with Gasteiger partial charge in [0.2, 0.25) is 0 Å². The average molecular weight is 311 g/mol. The second kappa shape index (κ2) is 7.47. The van der Waals surface area contributed by atoms with Gasteiger partial charge in [-0.2, -0.15) is 0 Å². The first kappa shape index (κ1) is 15.8. The van der Waals surface area contributed by atoms with Gasteiger partial charge < -0.3 is 15.5 Å². The quantitative estimate of drug-likeness (QED) is 0.912. The van der Waals surface area contributed by atoms with Crippen molar-refractivity contribution in [2.45, 2.75) is 19.4 Å². The zero-order valence-electron chi connectivity index (χ0n) is 13.7. The van der Waals surface area contributed by atoms with Gasteiger partial charge in [0.1, 0.15) is 0 Å². The lowest BCUT2D eigenvalue weighted by Crippen LogP contribution is -2.40. The van der Waals surface area contributed by atoms with Crippen LogP contribution in [-0.2, 0) is 6.54 Å². The molecule has 0 bridgehead atoms. The minimum Gasteiger partial charge on any atom is -0.338 e. The number of nitrogens with one attached hydrogen (secondary N) is 2.